The Morgan fingerprint density at radius 1 is 1.19 bits per heavy atom. The molecule has 2 aromatic heterocycles. The zero-order valence-corrected chi connectivity index (χ0v) is 15.6. The van der Waals surface area contributed by atoms with Crippen molar-refractivity contribution in [3.05, 3.63) is 65.4 Å². The van der Waals surface area contributed by atoms with Gasteiger partial charge >= 0.3 is 0 Å². The maximum atomic E-state index is 12.5. The first kappa shape index (κ1) is 17.2. The number of nitrogens with one attached hydrogen (secondary N) is 1. The molecular weight excluding hydrogens is 362 g/mol. The summed E-state index contributed by atoms with van der Waals surface area (Å²) in [5, 5.41) is 12.1. The van der Waals surface area contributed by atoms with Crippen LogP contribution in [0.3, 0.4) is 0 Å². The molecule has 0 fully saturated rings. The Morgan fingerprint density at radius 3 is 2.81 bits per heavy atom. The highest BCUT2D eigenvalue weighted by atomic mass is 32.1. The van der Waals surface area contributed by atoms with Gasteiger partial charge in [0.2, 0.25) is 5.13 Å². The number of hydrogen-bond donors (Lipinski definition) is 1. The molecule has 4 rings (SSSR count). The number of aryl methyl sites for hydroxylation is 1. The Bertz CT molecular complexity index is 1090. The molecule has 0 aliphatic heterocycles. The minimum atomic E-state index is -0.263. The van der Waals surface area contributed by atoms with Crippen LogP contribution in [-0.4, -0.2) is 25.7 Å². The van der Waals surface area contributed by atoms with E-state index in [0.717, 1.165) is 16.8 Å². The van der Waals surface area contributed by atoms with Crippen molar-refractivity contribution in [2.24, 2.45) is 7.05 Å². The third-order valence-corrected chi connectivity index (χ3v) is 5.05. The summed E-state index contributed by atoms with van der Waals surface area (Å²) >= 11 is 1.29. The van der Waals surface area contributed by atoms with Gasteiger partial charge in [-0.25, -0.2) is 4.98 Å². The van der Waals surface area contributed by atoms with Gasteiger partial charge in [0.05, 0.1) is 17.4 Å². The lowest BCUT2D eigenvalue weighted by Gasteiger charge is -2.10. The minimum Gasteiger partial charge on any atom is -0.483 e. The predicted octanol–water partition coefficient (Wildman–Crippen LogP) is 3.82. The molecular formula is C19H17N5O2S. The lowest BCUT2D eigenvalue weighted by molar-refractivity contribution is 0.102. The molecule has 2 aromatic carbocycles. The summed E-state index contributed by atoms with van der Waals surface area (Å²) in [6, 6.07) is 14.9. The Balaban J connectivity index is 1.45. The lowest BCUT2D eigenvalue weighted by atomic mass is 10.2. The topological polar surface area (TPSA) is 81.9 Å². The maximum Gasteiger partial charge on any atom is 0.257 e. The molecule has 136 valence electrons. The normalized spacial score (nSPS) is 12.1. The second-order valence-corrected chi connectivity index (χ2v) is 7.04. The number of anilines is 1. The molecule has 4 aromatic rings. The summed E-state index contributed by atoms with van der Waals surface area (Å²) in [4.78, 5) is 16.8. The fourth-order valence-corrected chi connectivity index (χ4v) is 3.37. The van der Waals surface area contributed by atoms with E-state index in [-0.39, 0.29) is 12.0 Å². The third kappa shape index (κ3) is 3.65. The Morgan fingerprint density at radius 2 is 2.00 bits per heavy atom. The van der Waals surface area contributed by atoms with Crippen LogP contribution in [0.4, 0.5) is 5.13 Å². The molecule has 1 atom stereocenters. The monoisotopic (exact) mass is 379 g/mol. The van der Waals surface area contributed by atoms with E-state index in [0.29, 0.717) is 15.7 Å². The smallest absolute Gasteiger partial charge is 0.257 e. The van der Waals surface area contributed by atoms with Gasteiger partial charge in [-0.05, 0) is 37.3 Å². The zero-order chi connectivity index (χ0) is 18.8. The zero-order valence-electron chi connectivity index (χ0n) is 14.8. The third-order valence-electron chi connectivity index (χ3n) is 4.05. The largest absolute Gasteiger partial charge is 0.483 e. The maximum absolute atomic E-state index is 12.5. The van der Waals surface area contributed by atoms with E-state index < -0.39 is 0 Å². The van der Waals surface area contributed by atoms with Gasteiger partial charge in [-0.3, -0.25) is 10.1 Å². The van der Waals surface area contributed by atoms with E-state index in [1.165, 1.54) is 11.3 Å². The molecule has 0 radical (unpaired) electrons. The highest BCUT2D eigenvalue weighted by Crippen LogP contribution is 2.26. The number of amides is 1. The van der Waals surface area contributed by atoms with Gasteiger partial charge in [0.1, 0.15) is 11.9 Å². The van der Waals surface area contributed by atoms with E-state index >= 15 is 0 Å². The number of ether oxygens (including phenoxy) is 1. The van der Waals surface area contributed by atoms with Crippen LogP contribution in [-0.2, 0) is 7.05 Å². The van der Waals surface area contributed by atoms with Gasteiger partial charge in [-0.1, -0.05) is 29.5 Å². The number of para-hydroxylation sites is 1. The second kappa shape index (κ2) is 7.16. The molecule has 2 heterocycles. The number of rotatable bonds is 5. The molecule has 0 aliphatic carbocycles. The summed E-state index contributed by atoms with van der Waals surface area (Å²) < 4.78 is 7.74. The molecule has 0 unspecified atom stereocenters. The van der Waals surface area contributed by atoms with Crippen LogP contribution in [0.2, 0.25) is 0 Å². The molecule has 1 N–H and O–H groups in total. The number of carbonyl (C=O) groups is 1. The molecule has 0 saturated heterocycles. The van der Waals surface area contributed by atoms with Crippen LogP contribution in [0.15, 0.2) is 54.9 Å². The van der Waals surface area contributed by atoms with Crippen molar-refractivity contribution in [3.8, 4) is 5.75 Å². The van der Waals surface area contributed by atoms with Crippen LogP contribution in [0, 0.1) is 0 Å². The molecule has 8 heteroatoms. The van der Waals surface area contributed by atoms with Crippen molar-refractivity contribution in [3.63, 3.8) is 0 Å². The quantitative estimate of drug-likeness (QED) is 0.570. The molecule has 0 saturated carbocycles. The summed E-state index contributed by atoms with van der Waals surface area (Å²) in [7, 11) is 1.91. The summed E-state index contributed by atoms with van der Waals surface area (Å²) in [5.74, 6) is 0.510. The van der Waals surface area contributed by atoms with Crippen molar-refractivity contribution in [1.82, 2.24) is 19.7 Å². The van der Waals surface area contributed by atoms with Crippen molar-refractivity contribution < 1.29 is 9.53 Å². The Labute approximate surface area is 159 Å². The van der Waals surface area contributed by atoms with Gasteiger partial charge in [-0.15, -0.1) is 10.2 Å². The van der Waals surface area contributed by atoms with Crippen LogP contribution in [0.1, 0.15) is 28.4 Å². The molecule has 0 aliphatic rings. The summed E-state index contributed by atoms with van der Waals surface area (Å²) in [6.07, 6.45) is 1.46. The predicted molar refractivity (Wildman–Crippen MR) is 104 cm³/mol. The van der Waals surface area contributed by atoms with Gasteiger partial charge in [0.25, 0.3) is 5.91 Å². The van der Waals surface area contributed by atoms with Gasteiger partial charge in [-0.2, -0.15) is 0 Å². The lowest BCUT2D eigenvalue weighted by Crippen LogP contribution is -2.11. The number of benzene rings is 2. The summed E-state index contributed by atoms with van der Waals surface area (Å²) in [6.45, 7) is 1.90. The van der Waals surface area contributed by atoms with Crippen molar-refractivity contribution in [2.45, 2.75) is 13.0 Å². The van der Waals surface area contributed by atoms with Crippen LogP contribution >= 0.6 is 11.3 Å². The van der Waals surface area contributed by atoms with Crippen LogP contribution < -0.4 is 10.1 Å². The van der Waals surface area contributed by atoms with Gasteiger partial charge in [0, 0.05) is 12.6 Å². The van der Waals surface area contributed by atoms with Crippen molar-refractivity contribution >= 4 is 33.4 Å². The van der Waals surface area contributed by atoms with Crippen LogP contribution in [0.25, 0.3) is 11.0 Å². The Hall–Kier alpha value is -3.26. The molecule has 0 spiro atoms. The standard InChI is InChI=1S/C19H17N5O2S/c1-12(26-14-6-4-3-5-7-14)18-22-23-19(27-18)21-17(25)13-8-9-16-15(10-13)20-11-24(16)2/h3-12H,1-2H3,(H,21,23,25)/t12-/m0/s1. The molecule has 7 nitrogen and oxygen atoms in total. The molecule has 27 heavy (non-hydrogen) atoms. The second-order valence-electron chi connectivity index (χ2n) is 6.03. The SMILES string of the molecule is C[C@H](Oc1ccccc1)c1nnc(NC(=O)c2ccc3c(c2)ncn3C)s1. The highest BCUT2D eigenvalue weighted by Gasteiger charge is 2.16. The van der Waals surface area contributed by atoms with Crippen molar-refractivity contribution in [1.29, 1.82) is 0 Å². The summed E-state index contributed by atoms with van der Waals surface area (Å²) in [5.41, 5.74) is 2.26. The number of aromatic nitrogens is 4. The van der Waals surface area contributed by atoms with E-state index in [1.807, 2.05) is 54.9 Å². The number of carbonyl (C=O) groups excluding carboxylic acids is 1. The average molecular weight is 379 g/mol. The Kier molecular flexibility index (Phi) is 4.55. The van der Waals surface area contributed by atoms with Crippen molar-refractivity contribution in [2.75, 3.05) is 5.32 Å². The van der Waals surface area contributed by atoms with E-state index in [1.54, 1.807) is 18.5 Å². The van der Waals surface area contributed by atoms with Crippen LogP contribution in [0.5, 0.6) is 5.75 Å². The number of fused-ring (bicyclic) bond motifs is 1. The minimum absolute atomic E-state index is 0.248. The average Bonchev–Trinajstić information content (AvgIpc) is 3.29. The van der Waals surface area contributed by atoms with E-state index in [9.17, 15) is 4.79 Å². The van der Waals surface area contributed by atoms with E-state index in [2.05, 4.69) is 20.5 Å². The number of imidazole rings is 1. The first-order valence-corrected chi connectivity index (χ1v) is 9.19. The molecule has 0 bridgehead atoms. The van der Waals surface area contributed by atoms with Gasteiger partial charge < -0.3 is 9.30 Å². The number of hydrogen-bond acceptors (Lipinski definition) is 6. The first-order valence-electron chi connectivity index (χ1n) is 8.37. The number of nitrogens with zero attached hydrogens (tertiary/aromatic N) is 4. The first-order chi connectivity index (χ1) is 13.1. The van der Waals surface area contributed by atoms with Gasteiger partial charge in [0.15, 0.2) is 5.01 Å². The fraction of sp³-hybridized carbons (Fsp3) is 0.158. The van der Waals surface area contributed by atoms with E-state index in [4.69, 9.17) is 4.74 Å². The molecule has 1 amide bonds. The highest BCUT2D eigenvalue weighted by molar-refractivity contribution is 7.15. The fourth-order valence-electron chi connectivity index (χ4n) is 2.65.